The van der Waals surface area contributed by atoms with Crippen molar-refractivity contribution in [3.63, 3.8) is 0 Å². The van der Waals surface area contributed by atoms with E-state index in [0.717, 1.165) is 16.8 Å². The van der Waals surface area contributed by atoms with Crippen molar-refractivity contribution in [2.75, 3.05) is 0 Å². The highest BCUT2D eigenvalue weighted by molar-refractivity contribution is 7.07. The van der Waals surface area contributed by atoms with Crippen LogP contribution in [0, 0.1) is 0 Å². The number of amides is 1. The number of alkyl carbamates (subject to hydrolysis) is 1. The van der Waals surface area contributed by atoms with Crippen LogP contribution in [0.4, 0.5) is 4.79 Å². The van der Waals surface area contributed by atoms with Crippen LogP contribution >= 0.6 is 11.3 Å². The van der Waals surface area contributed by atoms with Crippen molar-refractivity contribution < 1.29 is 9.53 Å². The first-order valence-electron chi connectivity index (χ1n) is 6.39. The van der Waals surface area contributed by atoms with Crippen molar-refractivity contribution in [1.29, 1.82) is 0 Å². The molecular formula is C15H18N2O2S. The molecule has 0 saturated heterocycles. The summed E-state index contributed by atoms with van der Waals surface area (Å²) in [5, 5.41) is 4.76. The fraction of sp³-hybridized carbons (Fsp3) is 0.333. The molecular weight excluding hydrogens is 272 g/mol. The molecule has 0 atom stereocenters. The minimum Gasteiger partial charge on any atom is -0.444 e. The van der Waals surface area contributed by atoms with E-state index in [1.165, 1.54) is 0 Å². The van der Waals surface area contributed by atoms with Crippen LogP contribution < -0.4 is 5.32 Å². The fourth-order valence-corrected chi connectivity index (χ4v) is 2.30. The molecule has 0 radical (unpaired) electrons. The summed E-state index contributed by atoms with van der Waals surface area (Å²) in [5.41, 5.74) is 4.29. The predicted molar refractivity (Wildman–Crippen MR) is 80.6 cm³/mol. The van der Waals surface area contributed by atoms with E-state index in [0.29, 0.717) is 6.54 Å². The standard InChI is InChI=1S/C15H18N2O2S/c1-15(2,3)19-14(18)16-8-11-6-4-5-7-12(11)13-9-20-10-17-13/h4-7,9-10H,8H2,1-3H3,(H,16,18). The predicted octanol–water partition coefficient (Wildman–Crippen LogP) is 3.83. The molecule has 5 heteroatoms. The summed E-state index contributed by atoms with van der Waals surface area (Å²) in [4.78, 5) is 16.0. The van der Waals surface area contributed by atoms with Crippen LogP contribution in [0.5, 0.6) is 0 Å². The molecule has 1 aromatic carbocycles. The Balaban J connectivity index is 2.06. The lowest BCUT2D eigenvalue weighted by Crippen LogP contribution is -2.32. The van der Waals surface area contributed by atoms with Crippen LogP contribution in [0.1, 0.15) is 26.3 Å². The number of hydrogen-bond acceptors (Lipinski definition) is 4. The minimum absolute atomic E-state index is 0.411. The SMILES string of the molecule is CC(C)(C)OC(=O)NCc1ccccc1-c1cscn1. The van der Waals surface area contributed by atoms with E-state index in [9.17, 15) is 4.79 Å². The smallest absolute Gasteiger partial charge is 0.407 e. The van der Waals surface area contributed by atoms with Gasteiger partial charge in [-0.1, -0.05) is 24.3 Å². The third-order valence-electron chi connectivity index (χ3n) is 2.55. The van der Waals surface area contributed by atoms with Crippen LogP contribution in [0.3, 0.4) is 0 Å². The molecule has 2 rings (SSSR count). The molecule has 0 aliphatic carbocycles. The highest BCUT2D eigenvalue weighted by atomic mass is 32.1. The maximum Gasteiger partial charge on any atom is 0.407 e. The Hall–Kier alpha value is -1.88. The number of rotatable bonds is 3. The van der Waals surface area contributed by atoms with Crippen LogP contribution in [0.25, 0.3) is 11.3 Å². The molecule has 2 aromatic rings. The summed E-state index contributed by atoms with van der Waals surface area (Å²) in [6, 6.07) is 7.89. The van der Waals surface area contributed by atoms with E-state index in [-0.39, 0.29) is 0 Å². The summed E-state index contributed by atoms with van der Waals surface area (Å²) in [5.74, 6) is 0. The molecule has 1 heterocycles. The van der Waals surface area contributed by atoms with Crippen molar-refractivity contribution in [2.45, 2.75) is 32.9 Å². The lowest BCUT2D eigenvalue weighted by Gasteiger charge is -2.20. The molecule has 0 spiro atoms. The Bertz CT molecular complexity index is 574. The van der Waals surface area contributed by atoms with E-state index in [2.05, 4.69) is 10.3 Å². The number of hydrogen-bond donors (Lipinski definition) is 1. The number of benzene rings is 1. The minimum atomic E-state index is -0.488. The zero-order valence-electron chi connectivity index (χ0n) is 11.8. The van der Waals surface area contributed by atoms with Gasteiger partial charge >= 0.3 is 6.09 Å². The highest BCUT2D eigenvalue weighted by Crippen LogP contribution is 2.23. The Labute approximate surface area is 122 Å². The summed E-state index contributed by atoms with van der Waals surface area (Å²) in [6.45, 7) is 5.95. The van der Waals surface area contributed by atoms with Crippen molar-refractivity contribution in [3.05, 3.63) is 40.7 Å². The Morgan fingerprint density at radius 3 is 2.75 bits per heavy atom. The van der Waals surface area contributed by atoms with E-state index >= 15 is 0 Å². The van der Waals surface area contributed by atoms with Gasteiger partial charge in [-0.15, -0.1) is 11.3 Å². The maximum absolute atomic E-state index is 11.7. The zero-order valence-corrected chi connectivity index (χ0v) is 12.7. The summed E-state index contributed by atoms with van der Waals surface area (Å²) in [7, 11) is 0. The van der Waals surface area contributed by atoms with Crippen molar-refractivity contribution >= 4 is 17.4 Å². The topological polar surface area (TPSA) is 51.2 Å². The first kappa shape index (κ1) is 14.5. The second kappa shape index (κ2) is 6.05. The Morgan fingerprint density at radius 2 is 2.10 bits per heavy atom. The summed E-state index contributed by atoms with van der Waals surface area (Å²) >= 11 is 1.55. The monoisotopic (exact) mass is 290 g/mol. The van der Waals surface area contributed by atoms with Gasteiger partial charge in [0.2, 0.25) is 0 Å². The molecule has 0 aliphatic rings. The van der Waals surface area contributed by atoms with Crippen molar-refractivity contribution in [3.8, 4) is 11.3 Å². The number of nitrogens with one attached hydrogen (secondary N) is 1. The third-order valence-corrected chi connectivity index (χ3v) is 3.13. The number of carbonyl (C=O) groups is 1. The average Bonchev–Trinajstić information content (AvgIpc) is 2.88. The third kappa shape index (κ3) is 4.06. The van der Waals surface area contributed by atoms with Crippen molar-refractivity contribution in [2.24, 2.45) is 0 Å². The molecule has 0 fully saturated rings. The molecule has 0 bridgehead atoms. The van der Waals surface area contributed by atoms with Gasteiger partial charge in [0, 0.05) is 17.5 Å². The molecule has 20 heavy (non-hydrogen) atoms. The van der Waals surface area contributed by atoms with E-state index in [1.54, 1.807) is 16.8 Å². The average molecular weight is 290 g/mol. The van der Waals surface area contributed by atoms with Gasteiger partial charge in [0.1, 0.15) is 5.60 Å². The van der Waals surface area contributed by atoms with Crippen molar-refractivity contribution in [1.82, 2.24) is 10.3 Å². The van der Waals surface area contributed by atoms with Gasteiger partial charge in [0.15, 0.2) is 0 Å². The first-order chi connectivity index (χ1) is 9.46. The van der Waals surface area contributed by atoms with Gasteiger partial charge in [-0.05, 0) is 26.3 Å². The molecule has 0 saturated carbocycles. The molecule has 1 aromatic heterocycles. The molecule has 1 amide bonds. The van der Waals surface area contributed by atoms with Crippen LogP contribution in [-0.4, -0.2) is 16.7 Å². The van der Waals surface area contributed by atoms with Gasteiger partial charge in [-0.25, -0.2) is 9.78 Å². The fourth-order valence-electron chi connectivity index (χ4n) is 1.75. The number of ether oxygens (including phenoxy) is 1. The lowest BCUT2D eigenvalue weighted by molar-refractivity contribution is 0.0523. The van der Waals surface area contributed by atoms with Crippen LogP contribution in [-0.2, 0) is 11.3 Å². The molecule has 0 aliphatic heterocycles. The zero-order chi connectivity index (χ0) is 14.6. The number of aromatic nitrogens is 1. The number of thiazole rings is 1. The van der Waals surface area contributed by atoms with Gasteiger partial charge in [-0.2, -0.15) is 0 Å². The van der Waals surface area contributed by atoms with Gasteiger partial charge in [-0.3, -0.25) is 0 Å². The maximum atomic E-state index is 11.7. The quantitative estimate of drug-likeness (QED) is 0.934. The highest BCUT2D eigenvalue weighted by Gasteiger charge is 2.16. The Morgan fingerprint density at radius 1 is 1.35 bits per heavy atom. The van der Waals surface area contributed by atoms with Gasteiger partial charge in [0.25, 0.3) is 0 Å². The molecule has 106 valence electrons. The van der Waals surface area contributed by atoms with E-state index in [1.807, 2.05) is 50.4 Å². The number of carbonyl (C=O) groups excluding carboxylic acids is 1. The van der Waals surface area contributed by atoms with Gasteiger partial charge in [0.05, 0.1) is 11.2 Å². The molecule has 1 N–H and O–H groups in total. The second-order valence-electron chi connectivity index (χ2n) is 5.39. The molecule has 0 unspecified atom stereocenters. The van der Waals surface area contributed by atoms with Crippen LogP contribution in [0.2, 0.25) is 0 Å². The number of nitrogens with zero attached hydrogens (tertiary/aromatic N) is 1. The summed E-state index contributed by atoms with van der Waals surface area (Å²) < 4.78 is 5.23. The van der Waals surface area contributed by atoms with E-state index in [4.69, 9.17) is 4.74 Å². The normalized spacial score (nSPS) is 11.2. The first-order valence-corrected chi connectivity index (χ1v) is 7.33. The van der Waals surface area contributed by atoms with Gasteiger partial charge < -0.3 is 10.1 Å². The van der Waals surface area contributed by atoms with Crippen LogP contribution in [0.15, 0.2) is 35.2 Å². The van der Waals surface area contributed by atoms with E-state index < -0.39 is 11.7 Å². The lowest BCUT2D eigenvalue weighted by atomic mass is 10.1. The summed E-state index contributed by atoms with van der Waals surface area (Å²) in [6.07, 6.45) is -0.411. The Kier molecular flexibility index (Phi) is 4.39. The second-order valence-corrected chi connectivity index (χ2v) is 6.10. The largest absolute Gasteiger partial charge is 0.444 e. The molecule has 4 nitrogen and oxygen atoms in total.